The van der Waals surface area contributed by atoms with Crippen molar-refractivity contribution in [3.05, 3.63) is 47.0 Å². The molecule has 0 bridgehead atoms. The van der Waals surface area contributed by atoms with Gasteiger partial charge >= 0.3 is 0 Å². The zero-order valence-electron chi connectivity index (χ0n) is 11.8. The molecule has 0 fully saturated rings. The molecule has 0 atom stereocenters. The van der Waals surface area contributed by atoms with E-state index in [4.69, 9.17) is 17.3 Å². The van der Waals surface area contributed by atoms with E-state index in [2.05, 4.69) is 23.0 Å². The molecule has 0 aliphatic carbocycles. The second-order valence-electron chi connectivity index (χ2n) is 4.70. The molecule has 0 unspecified atom stereocenters. The van der Waals surface area contributed by atoms with Gasteiger partial charge in [-0.1, -0.05) is 37.4 Å². The summed E-state index contributed by atoms with van der Waals surface area (Å²) in [4.78, 5) is 8.59. The Kier molecular flexibility index (Phi) is 5.28. The fourth-order valence-electron chi connectivity index (χ4n) is 1.87. The van der Waals surface area contributed by atoms with Crippen LogP contribution in [-0.2, 0) is 0 Å². The predicted molar refractivity (Wildman–Crippen MR) is 85.4 cm³/mol. The largest absolute Gasteiger partial charge is 0.382 e. The maximum absolute atomic E-state index is 13.2. The third-order valence-electron chi connectivity index (χ3n) is 3.03. The van der Waals surface area contributed by atoms with E-state index in [1.165, 1.54) is 12.1 Å². The van der Waals surface area contributed by atoms with E-state index in [1.54, 1.807) is 12.3 Å². The van der Waals surface area contributed by atoms with Crippen LogP contribution in [0, 0.1) is 5.82 Å². The Morgan fingerprint density at radius 2 is 2.19 bits per heavy atom. The minimum atomic E-state index is -0.470. The summed E-state index contributed by atoms with van der Waals surface area (Å²) in [5.41, 5.74) is 7.73. The standard InChI is InChI=1S/C16H17ClFN3/c1-2-3-4-5-6-12-10-20-16(19)15(21-12)11-7-8-14(18)13(17)9-11/h5-10H,2-4H2,1H3,(H2,19,20)/b6-5+. The highest BCUT2D eigenvalue weighted by atomic mass is 35.5. The molecule has 2 rings (SSSR count). The van der Waals surface area contributed by atoms with Crippen LogP contribution in [0.1, 0.15) is 31.9 Å². The average molecular weight is 306 g/mol. The lowest BCUT2D eigenvalue weighted by Gasteiger charge is -2.06. The Balaban J connectivity index is 2.30. The summed E-state index contributed by atoms with van der Waals surface area (Å²) in [6, 6.07) is 4.39. The third-order valence-corrected chi connectivity index (χ3v) is 3.32. The molecule has 21 heavy (non-hydrogen) atoms. The highest BCUT2D eigenvalue weighted by Gasteiger charge is 2.09. The number of nitrogen functional groups attached to an aromatic ring is 1. The van der Waals surface area contributed by atoms with Crippen molar-refractivity contribution in [2.24, 2.45) is 0 Å². The van der Waals surface area contributed by atoms with Crippen LogP contribution < -0.4 is 5.73 Å². The number of aromatic nitrogens is 2. The van der Waals surface area contributed by atoms with Gasteiger partial charge in [-0.2, -0.15) is 0 Å². The van der Waals surface area contributed by atoms with E-state index >= 15 is 0 Å². The van der Waals surface area contributed by atoms with Crippen LogP contribution in [0.4, 0.5) is 10.2 Å². The number of hydrogen-bond acceptors (Lipinski definition) is 3. The molecule has 5 heteroatoms. The molecule has 0 aliphatic heterocycles. The number of rotatable bonds is 5. The zero-order valence-corrected chi connectivity index (χ0v) is 12.6. The maximum atomic E-state index is 13.2. The first-order chi connectivity index (χ1) is 10.1. The van der Waals surface area contributed by atoms with Gasteiger partial charge in [0.05, 0.1) is 16.9 Å². The van der Waals surface area contributed by atoms with Gasteiger partial charge in [-0.3, -0.25) is 0 Å². The molecule has 0 saturated carbocycles. The average Bonchev–Trinajstić information content (AvgIpc) is 2.48. The van der Waals surface area contributed by atoms with E-state index in [0.29, 0.717) is 17.1 Å². The number of halogens is 2. The third kappa shape index (κ3) is 4.02. The Labute approximate surface area is 128 Å². The van der Waals surface area contributed by atoms with Gasteiger partial charge in [-0.05, 0) is 30.7 Å². The van der Waals surface area contributed by atoms with E-state index < -0.39 is 5.82 Å². The van der Waals surface area contributed by atoms with Crippen LogP contribution in [-0.4, -0.2) is 9.97 Å². The summed E-state index contributed by atoms with van der Waals surface area (Å²) in [5.74, 6) is -0.175. The topological polar surface area (TPSA) is 51.8 Å². The van der Waals surface area contributed by atoms with Crippen molar-refractivity contribution in [3.8, 4) is 11.3 Å². The predicted octanol–water partition coefficient (Wildman–Crippen LogP) is 4.72. The van der Waals surface area contributed by atoms with Gasteiger partial charge in [-0.15, -0.1) is 0 Å². The molecule has 1 aromatic heterocycles. The van der Waals surface area contributed by atoms with Gasteiger partial charge < -0.3 is 5.73 Å². The van der Waals surface area contributed by atoms with Crippen molar-refractivity contribution in [3.63, 3.8) is 0 Å². The normalized spacial score (nSPS) is 11.2. The first kappa shape index (κ1) is 15.4. The van der Waals surface area contributed by atoms with Crippen LogP contribution in [0.5, 0.6) is 0 Å². The molecule has 2 aromatic rings. The van der Waals surface area contributed by atoms with E-state index in [0.717, 1.165) is 25.0 Å². The Morgan fingerprint density at radius 3 is 2.90 bits per heavy atom. The van der Waals surface area contributed by atoms with Crippen molar-refractivity contribution in [2.45, 2.75) is 26.2 Å². The van der Waals surface area contributed by atoms with Gasteiger partial charge in [0, 0.05) is 5.56 Å². The lowest BCUT2D eigenvalue weighted by molar-refractivity contribution is 0.628. The molecule has 1 aromatic carbocycles. The van der Waals surface area contributed by atoms with Crippen molar-refractivity contribution >= 4 is 23.5 Å². The molecular weight excluding hydrogens is 289 g/mol. The minimum Gasteiger partial charge on any atom is -0.382 e. The number of nitrogens with two attached hydrogens (primary N) is 1. The zero-order chi connectivity index (χ0) is 15.2. The van der Waals surface area contributed by atoms with E-state index in [-0.39, 0.29) is 5.02 Å². The molecule has 0 saturated heterocycles. The minimum absolute atomic E-state index is 0.0394. The van der Waals surface area contributed by atoms with Gasteiger partial charge in [0.15, 0.2) is 0 Å². The summed E-state index contributed by atoms with van der Waals surface area (Å²) in [6.07, 6.45) is 8.88. The highest BCUT2D eigenvalue weighted by Crippen LogP contribution is 2.26. The van der Waals surface area contributed by atoms with Crippen molar-refractivity contribution in [2.75, 3.05) is 5.73 Å². The first-order valence-corrected chi connectivity index (χ1v) is 7.24. The Morgan fingerprint density at radius 1 is 1.38 bits per heavy atom. The number of benzene rings is 1. The maximum Gasteiger partial charge on any atom is 0.150 e. The van der Waals surface area contributed by atoms with Crippen molar-refractivity contribution in [1.29, 1.82) is 0 Å². The van der Waals surface area contributed by atoms with Crippen LogP contribution >= 0.6 is 11.6 Å². The van der Waals surface area contributed by atoms with Gasteiger partial charge in [0.2, 0.25) is 0 Å². The van der Waals surface area contributed by atoms with Gasteiger partial charge in [0.1, 0.15) is 17.3 Å². The Hall–Kier alpha value is -1.94. The summed E-state index contributed by atoms with van der Waals surface area (Å²) >= 11 is 5.80. The molecule has 110 valence electrons. The summed E-state index contributed by atoms with van der Waals surface area (Å²) in [7, 11) is 0. The molecule has 0 amide bonds. The number of unbranched alkanes of at least 4 members (excludes halogenated alkanes) is 2. The van der Waals surface area contributed by atoms with Crippen LogP contribution in [0.15, 0.2) is 30.5 Å². The van der Waals surface area contributed by atoms with Crippen molar-refractivity contribution in [1.82, 2.24) is 9.97 Å². The smallest absolute Gasteiger partial charge is 0.150 e. The Bertz CT molecular complexity index is 656. The van der Waals surface area contributed by atoms with Crippen LogP contribution in [0.25, 0.3) is 17.3 Å². The number of anilines is 1. The van der Waals surface area contributed by atoms with Gasteiger partial charge in [-0.25, -0.2) is 14.4 Å². The highest BCUT2D eigenvalue weighted by molar-refractivity contribution is 6.31. The fourth-order valence-corrected chi connectivity index (χ4v) is 2.05. The number of nitrogens with zero attached hydrogens (tertiary/aromatic N) is 2. The first-order valence-electron chi connectivity index (χ1n) is 6.86. The SMILES string of the molecule is CCCC/C=C/c1cnc(N)c(-c2ccc(F)c(Cl)c2)n1. The summed E-state index contributed by atoms with van der Waals surface area (Å²) in [6.45, 7) is 2.15. The van der Waals surface area contributed by atoms with E-state index in [1.807, 2.05) is 6.08 Å². The molecule has 0 radical (unpaired) electrons. The number of hydrogen-bond donors (Lipinski definition) is 1. The quantitative estimate of drug-likeness (QED) is 0.813. The molecular formula is C16H17ClFN3. The summed E-state index contributed by atoms with van der Waals surface area (Å²) < 4.78 is 13.2. The van der Waals surface area contributed by atoms with Crippen molar-refractivity contribution < 1.29 is 4.39 Å². The lowest BCUT2D eigenvalue weighted by atomic mass is 10.1. The second kappa shape index (κ2) is 7.18. The van der Waals surface area contributed by atoms with Crippen LogP contribution in [0.3, 0.4) is 0 Å². The number of allylic oxidation sites excluding steroid dienone is 1. The fraction of sp³-hybridized carbons (Fsp3) is 0.250. The molecule has 2 N–H and O–H groups in total. The molecule has 0 aliphatic rings. The molecule has 1 heterocycles. The van der Waals surface area contributed by atoms with E-state index in [9.17, 15) is 4.39 Å². The lowest BCUT2D eigenvalue weighted by Crippen LogP contribution is -1.99. The monoisotopic (exact) mass is 305 g/mol. The molecule has 0 spiro atoms. The molecule has 3 nitrogen and oxygen atoms in total. The van der Waals surface area contributed by atoms with Gasteiger partial charge in [0.25, 0.3) is 0 Å². The second-order valence-corrected chi connectivity index (χ2v) is 5.11. The summed E-state index contributed by atoms with van der Waals surface area (Å²) in [5, 5.41) is 0.0394. The van der Waals surface area contributed by atoms with Crippen LogP contribution in [0.2, 0.25) is 5.02 Å².